The minimum atomic E-state index is 0.571. The number of nitrogens with one attached hydrogen (secondary N) is 1. The molecule has 1 aromatic heterocycles. The van der Waals surface area contributed by atoms with Gasteiger partial charge in [-0.1, -0.05) is 25.9 Å². The topological polar surface area (TPSA) is 54.2 Å². The molecule has 1 saturated heterocycles. The van der Waals surface area contributed by atoms with Crippen LogP contribution in [0.4, 0.5) is 0 Å². The molecule has 2 atom stereocenters. The van der Waals surface area contributed by atoms with E-state index in [2.05, 4.69) is 41.1 Å². The van der Waals surface area contributed by atoms with E-state index in [9.17, 15) is 0 Å². The molecule has 108 valence electrons. The Morgan fingerprint density at radius 2 is 2.26 bits per heavy atom. The number of aromatic nitrogens is 2. The summed E-state index contributed by atoms with van der Waals surface area (Å²) >= 11 is 0. The lowest BCUT2D eigenvalue weighted by atomic mass is 9.99. The number of hydrogen-bond acceptors (Lipinski definition) is 5. The monoisotopic (exact) mass is 266 g/mol. The fraction of sp³-hybridized carbons (Fsp3) is 0.857. The second-order valence-electron chi connectivity index (χ2n) is 5.96. The summed E-state index contributed by atoms with van der Waals surface area (Å²) in [7, 11) is 0. The summed E-state index contributed by atoms with van der Waals surface area (Å²) in [6, 6.07) is 1.15. The molecule has 2 rings (SSSR count). The van der Waals surface area contributed by atoms with Gasteiger partial charge in [0.1, 0.15) is 0 Å². The van der Waals surface area contributed by atoms with Crippen LogP contribution in [0.2, 0.25) is 0 Å². The molecule has 0 aromatic carbocycles. The molecule has 1 aromatic rings. The van der Waals surface area contributed by atoms with Crippen LogP contribution >= 0.6 is 0 Å². The Bertz CT molecular complexity index is 391. The van der Waals surface area contributed by atoms with Crippen molar-refractivity contribution in [1.29, 1.82) is 0 Å². The highest BCUT2D eigenvalue weighted by atomic mass is 16.5. The number of aryl methyl sites for hydroxylation is 1. The zero-order valence-electron chi connectivity index (χ0n) is 12.5. The standard InChI is InChI=1S/C14H26N4O/c1-5-13-7-15-12(6-10(2)3)8-18(13)9-14-16-11(4)19-17-14/h10,12-13,15H,5-9H2,1-4H3. The third kappa shape index (κ3) is 4.01. The van der Waals surface area contributed by atoms with Gasteiger partial charge >= 0.3 is 0 Å². The fourth-order valence-corrected chi connectivity index (χ4v) is 2.84. The third-order valence-electron chi connectivity index (χ3n) is 3.75. The van der Waals surface area contributed by atoms with Crippen LogP contribution in [0, 0.1) is 12.8 Å². The molecule has 5 heteroatoms. The van der Waals surface area contributed by atoms with Gasteiger partial charge in [0.25, 0.3) is 0 Å². The number of piperazine rings is 1. The van der Waals surface area contributed by atoms with E-state index in [1.54, 1.807) is 0 Å². The van der Waals surface area contributed by atoms with E-state index in [1.807, 2.05) is 6.92 Å². The zero-order valence-corrected chi connectivity index (χ0v) is 12.5. The summed E-state index contributed by atoms with van der Waals surface area (Å²) in [6.45, 7) is 11.6. The average Bonchev–Trinajstić information content (AvgIpc) is 2.74. The van der Waals surface area contributed by atoms with Gasteiger partial charge < -0.3 is 9.84 Å². The summed E-state index contributed by atoms with van der Waals surface area (Å²) < 4.78 is 5.06. The van der Waals surface area contributed by atoms with Gasteiger partial charge in [0.15, 0.2) is 5.82 Å². The van der Waals surface area contributed by atoms with Crippen molar-refractivity contribution in [2.24, 2.45) is 5.92 Å². The van der Waals surface area contributed by atoms with Crippen molar-refractivity contribution < 1.29 is 4.52 Å². The van der Waals surface area contributed by atoms with E-state index < -0.39 is 0 Å². The van der Waals surface area contributed by atoms with Crippen LogP contribution in [0.15, 0.2) is 4.52 Å². The number of rotatable bonds is 5. The predicted molar refractivity (Wildman–Crippen MR) is 74.8 cm³/mol. The van der Waals surface area contributed by atoms with E-state index in [-0.39, 0.29) is 0 Å². The molecule has 2 heterocycles. The Morgan fingerprint density at radius 3 is 2.84 bits per heavy atom. The molecule has 0 radical (unpaired) electrons. The lowest BCUT2D eigenvalue weighted by Gasteiger charge is -2.40. The summed E-state index contributed by atoms with van der Waals surface area (Å²) in [5.74, 6) is 2.18. The van der Waals surface area contributed by atoms with E-state index in [0.717, 1.165) is 37.8 Å². The first-order valence-electron chi connectivity index (χ1n) is 7.35. The molecule has 1 aliphatic heterocycles. The van der Waals surface area contributed by atoms with Gasteiger partial charge in [-0.15, -0.1) is 0 Å². The van der Waals surface area contributed by atoms with E-state index in [4.69, 9.17) is 4.52 Å². The maximum atomic E-state index is 5.06. The third-order valence-corrected chi connectivity index (χ3v) is 3.75. The first-order chi connectivity index (χ1) is 9.08. The molecule has 1 N–H and O–H groups in total. The molecule has 0 spiro atoms. The Kier molecular flexibility index (Phi) is 4.93. The van der Waals surface area contributed by atoms with Gasteiger partial charge in [0.2, 0.25) is 5.89 Å². The highest BCUT2D eigenvalue weighted by Crippen LogP contribution is 2.17. The molecule has 0 aliphatic carbocycles. The summed E-state index contributed by atoms with van der Waals surface area (Å²) in [5.41, 5.74) is 0. The molecule has 0 bridgehead atoms. The van der Waals surface area contributed by atoms with Crippen molar-refractivity contribution in [3.63, 3.8) is 0 Å². The van der Waals surface area contributed by atoms with Crippen LogP contribution in [0.1, 0.15) is 45.3 Å². The SMILES string of the molecule is CCC1CNC(CC(C)C)CN1Cc1noc(C)n1. The minimum Gasteiger partial charge on any atom is -0.340 e. The maximum Gasteiger partial charge on any atom is 0.223 e. The lowest BCUT2D eigenvalue weighted by Crippen LogP contribution is -2.56. The molecule has 1 fully saturated rings. The average molecular weight is 266 g/mol. The fourth-order valence-electron chi connectivity index (χ4n) is 2.84. The Balaban J connectivity index is 1.97. The summed E-state index contributed by atoms with van der Waals surface area (Å²) in [6.07, 6.45) is 2.37. The van der Waals surface area contributed by atoms with Crippen LogP contribution in [0.5, 0.6) is 0 Å². The summed E-state index contributed by atoms with van der Waals surface area (Å²) in [5, 5.41) is 7.68. The Labute approximate surface area is 115 Å². The molecular weight excluding hydrogens is 240 g/mol. The van der Waals surface area contributed by atoms with Gasteiger partial charge in [0.05, 0.1) is 6.54 Å². The van der Waals surface area contributed by atoms with Crippen LogP contribution < -0.4 is 5.32 Å². The van der Waals surface area contributed by atoms with Crippen LogP contribution in [0.25, 0.3) is 0 Å². The van der Waals surface area contributed by atoms with Gasteiger partial charge in [-0.3, -0.25) is 4.90 Å². The van der Waals surface area contributed by atoms with E-state index in [0.29, 0.717) is 18.0 Å². The quantitative estimate of drug-likeness (QED) is 0.883. The van der Waals surface area contributed by atoms with Crippen molar-refractivity contribution in [2.45, 2.75) is 59.2 Å². The van der Waals surface area contributed by atoms with Crippen molar-refractivity contribution in [3.8, 4) is 0 Å². The van der Waals surface area contributed by atoms with Crippen LogP contribution in [0.3, 0.4) is 0 Å². The van der Waals surface area contributed by atoms with Crippen molar-refractivity contribution in [2.75, 3.05) is 13.1 Å². The summed E-state index contributed by atoms with van der Waals surface area (Å²) in [4.78, 5) is 6.81. The number of nitrogens with zero attached hydrogens (tertiary/aromatic N) is 3. The van der Waals surface area contributed by atoms with Gasteiger partial charge in [-0.25, -0.2) is 0 Å². The Hall–Kier alpha value is -0.940. The first-order valence-corrected chi connectivity index (χ1v) is 7.35. The van der Waals surface area contributed by atoms with Crippen molar-refractivity contribution >= 4 is 0 Å². The first kappa shape index (κ1) is 14.5. The van der Waals surface area contributed by atoms with Crippen LogP contribution in [-0.2, 0) is 6.54 Å². The molecule has 0 amide bonds. The highest BCUT2D eigenvalue weighted by Gasteiger charge is 2.28. The van der Waals surface area contributed by atoms with Crippen molar-refractivity contribution in [3.05, 3.63) is 11.7 Å². The second kappa shape index (κ2) is 6.48. The molecular formula is C14H26N4O. The van der Waals surface area contributed by atoms with Gasteiger partial charge in [-0.2, -0.15) is 4.98 Å². The minimum absolute atomic E-state index is 0.571. The Morgan fingerprint density at radius 1 is 1.47 bits per heavy atom. The van der Waals surface area contributed by atoms with Crippen molar-refractivity contribution in [1.82, 2.24) is 20.4 Å². The van der Waals surface area contributed by atoms with E-state index >= 15 is 0 Å². The molecule has 2 unspecified atom stereocenters. The lowest BCUT2D eigenvalue weighted by molar-refractivity contribution is 0.107. The van der Waals surface area contributed by atoms with Gasteiger partial charge in [0, 0.05) is 32.1 Å². The smallest absolute Gasteiger partial charge is 0.223 e. The zero-order chi connectivity index (χ0) is 13.8. The maximum absolute atomic E-state index is 5.06. The highest BCUT2D eigenvalue weighted by molar-refractivity contribution is 4.91. The van der Waals surface area contributed by atoms with Gasteiger partial charge in [-0.05, 0) is 18.8 Å². The predicted octanol–water partition coefficient (Wildman–Crippen LogP) is 1.98. The second-order valence-corrected chi connectivity index (χ2v) is 5.96. The molecule has 0 saturated carbocycles. The largest absolute Gasteiger partial charge is 0.340 e. The molecule has 1 aliphatic rings. The van der Waals surface area contributed by atoms with E-state index in [1.165, 1.54) is 6.42 Å². The van der Waals surface area contributed by atoms with Crippen LogP contribution in [-0.4, -0.2) is 40.2 Å². The molecule has 5 nitrogen and oxygen atoms in total. The molecule has 19 heavy (non-hydrogen) atoms. The normalized spacial score (nSPS) is 25.1. The number of hydrogen-bond donors (Lipinski definition) is 1.